The number of halogens is 3. The number of aromatic nitrogens is 2. The Labute approximate surface area is 184 Å². The van der Waals surface area contributed by atoms with Gasteiger partial charge in [-0.1, -0.05) is 23.7 Å². The van der Waals surface area contributed by atoms with Gasteiger partial charge in [0.05, 0.1) is 5.69 Å². The minimum Gasteiger partial charge on any atom is -0.445 e. The molecule has 3 aromatic rings. The molecule has 0 unspecified atom stereocenters. The number of pyridine rings is 2. The Morgan fingerprint density at radius 1 is 1.08 bits per heavy atom. The van der Waals surface area contributed by atoms with Crippen LogP contribution in [0.5, 0.6) is 0 Å². The first-order valence-corrected chi connectivity index (χ1v) is 7.17. The Hall–Kier alpha value is -1.26. The number of hydrogen-bond acceptors (Lipinski definition) is 3. The van der Waals surface area contributed by atoms with Crippen molar-refractivity contribution < 1.29 is 69.1 Å². The average Bonchev–Trinajstić information content (AvgIpc) is 2.59. The van der Waals surface area contributed by atoms with Gasteiger partial charge < -0.3 is 18.3 Å². The van der Waals surface area contributed by atoms with Crippen molar-refractivity contribution in [3.63, 3.8) is 0 Å². The molecule has 122 valence electrons. The van der Waals surface area contributed by atoms with Crippen LogP contribution in [0.4, 0.5) is 12.9 Å². The Kier molecular flexibility index (Phi) is 6.39. The molecule has 2 heterocycles. The van der Waals surface area contributed by atoms with E-state index < -0.39 is 12.4 Å². The van der Waals surface area contributed by atoms with Gasteiger partial charge in [-0.3, -0.25) is 14.8 Å². The molecule has 25 heavy (non-hydrogen) atoms. The van der Waals surface area contributed by atoms with E-state index >= 15 is 0 Å². The van der Waals surface area contributed by atoms with Crippen molar-refractivity contribution in [2.45, 2.75) is 0 Å². The van der Waals surface area contributed by atoms with Gasteiger partial charge in [-0.05, 0) is 29.0 Å². The average molecular weight is 369 g/mol. The number of amides is 1. The molecule has 0 aliphatic carbocycles. The Morgan fingerprint density at radius 3 is 2.44 bits per heavy atom. The number of hydrogen-bond donors (Lipinski definition) is 1. The van der Waals surface area contributed by atoms with Crippen molar-refractivity contribution >= 4 is 29.1 Å². The largest absolute Gasteiger partial charge is 1.00 e. The van der Waals surface area contributed by atoms with Crippen LogP contribution in [0, 0.1) is 0 Å². The maximum atomic E-state index is 13.1. The molecule has 1 aromatic carbocycles. The fraction of sp³-hybridized carbons (Fsp3) is 0.0625. The van der Waals surface area contributed by atoms with Gasteiger partial charge in [-0.15, -0.1) is 0 Å². The second-order valence-corrected chi connectivity index (χ2v) is 5.22. The topological polar surface area (TPSA) is 54.9 Å². The molecule has 1 N–H and O–H groups in total. The molecule has 0 aliphatic heterocycles. The number of carbonyl (C=O) groups is 1. The minimum atomic E-state index is -5.10. The van der Waals surface area contributed by atoms with Crippen LogP contribution in [0.2, 0.25) is 0 Å². The molecule has 0 spiro atoms. The van der Waals surface area contributed by atoms with Crippen LogP contribution in [0.1, 0.15) is 10.5 Å². The van der Waals surface area contributed by atoms with Crippen LogP contribution in [-0.2, 0) is 0 Å². The van der Waals surface area contributed by atoms with Gasteiger partial charge in [-0.2, -0.15) is 0 Å². The molecule has 4 nitrogen and oxygen atoms in total. The minimum absolute atomic E-state index is 0. The molecule has 0 fully saturated rings. The third-order valence-corrected chi connectivity index (χ3v) is 3.67. The fourth-order valence-electron chi connectivity index (χ4n) is 2.45. The van der Waals surface area contributed by atoms with E-state index in [-0.39, 0.29) is 68.4 Å². The molecular weight excluding hydrogens is 357 g/mol. The fourth-order valence-corrected chi connectivity index (χ4v) is 2.45. The van der Waals surface area contributed by atoms with E-state index in [1.165, 1.54) is 31.6 Å². The number of rotatable bonds is 3. The van der Waals surface area contributed by atoms with Gasteiger partial charge in [0.25, 0.3) is 5.91 Å². The zero-order valence-electron chi connectivity index (χ0n) is 13.6. The first-order valence-electron chi connectivity index (χ1n) is 7.17. The summed E-state index contributed by atoms with van der Waals surface area (Å²) in [5, 5.41) is 2.99. The number of benzene rings is 1. The van der Waals surface area contributed by atoms with E-state index in [9.17, 15) is 17.7 Å². The maximum Gasteiger partial charge on any atom is 1.00 e. The molecule has 9 heteroatoms. The molecule has 1 amide bonds. The number of nitrogens with zero attached hydrogens (tertiary/aromatic N) is 2. The summed E-state index contributed by atoms with van der Waals surface area (Å²) in [6.07, 6.45) is 2.69. The van der Waals surface area contributed by atoms with E-state index in [0.29, 0.717) is 16.6 Å². The van der Waals surface area contributed by atoms with Crippen LogP contribution in [0.3, 0.4) is 0 Å². The Bertz CT molecular complexity index is 917. The van der Waals surface area contributed by atoms with Crippen LogP contribution < -0.4 is 62.2 Å². The van der Waals surface area contributed by atoms with E-state index in [1.807, 2.05) is 0 Å². The first kappa shape index (κ1) is 20.1. The number of fused-ring (bicyclic) bond motifs is 1. The normalized spacial score (nSPS) is 11.0. The summed E-state index contributed by atoms with van der Waals surface area (Å²) in [7, 11) is 1.50. The molecular formula is C16H12BF3KN3O. The summed E-state index contributed by atoms with van der Waals surface area (Å²) in [5.41, 5.74) is 0.710. The Balaban J connectivity index is 0.00000225. The molecule has 0 atom stereocenters. The van der Waals surface area contributed by atoms with Gasteiger partial charge in [0, 0.05) is 25.0 Å². The summed E-state index contributed by atoms with van der Waals surface area (Å²) in [6, 6.07) is 8.82. The van der Waals surface area contributed by atoms with Crippen molar-refractivity contribution in [2.75, 3.05) is 7.05 Å². The van der Waals surface area contributed by atoms with Crippen LogP contribution in [0.15, 0.2) is 48.8 Å². The smallest absolute Gasteiger partial charge is 0.445 e. The van der Waals surface area contributed by atoms with Gasteiger partial charge in [0.15, 0.2) is 0 Å². The summed E-state index contributed by atoms with van der Waals surface area (Å²) < 4.78 is 39.2. The zero-order valence-corrected chi connectivity index (χ0v) is 16.8. The maximum absolute atomic E-state index is 13.1. The van der Waals surface area contributed by atoms with Crippen molar-refractivity contribution in [3.8, 4) is 11.3 Å². The SMILES string of the molecule is CNC(=O)c1ccc(-c2cc3cccc([B-](F)(F)F)c3cn2)cn1.[K+]. The summed E-state index contributed by atoms with van der Waals surface area (Å²) in [4.78, 5) is 19.6. The van der Waals surface area contributed by atoms with Crippen LogP contribution >= 0.6 is 0 Å². The first-order chi connectivity index (χ1) is 11.4. The number of nitrogens with one attached hydrogen (secondary N) is 1. The van der Waals surface area contributed by atoms with E-state index in [0.717, 1.165) is 6.07 Å². The molecule has 0 aliphatic rings. The monoisotopic (exact) mass is 369 g/mol. The van der Waals surface area contributed by atoms with Gasteiger partial charge in [0.2, 0.25) is 0 Å². The number of carbonyl (C=O) groups excluding carboxylic acids is 1. The molecule has 0 saturated heterocycles. The molecule has 0 saturated carbocycles. The van der Waals surface area contributed by atoms with Gasteiger partial charge in [0.1, 0.15) is 5.69 Å². The second-order valence-electron chi connectivity index (χ2n) is 5.22. The van der Waals surface area contributed by atoms with Crippen molar-refractivity contribution in [3.05, 3.63) is 54.5 Å². The molecule has 0 radical (unpaired) electrons. The summed E-state index contributed by atoms with van der Waals surface area (Å²) in [5.74, 6) is -0.315. The van der Waals surface area contributed by atoms with Crippen molar-refractivity contribution in [1.82, 2.24) is 15.3 Å². The summed E-state index contributed by atoms with van der Waals surface area (Å²) >= 11 is 0. The Morgan fingerprint density at radius 2 is 1.84 bits per heavy atom. The quantitative estimate of drug-likeness (QED) is 0.646. The third kappa shape index (κ3) is 4.29. The molecule has 2 aromatic heterocycles. The second kappa shape index (κ2) is 7.96. The van der Waals surface area contributed by atoms with E-state index in [2.05, 4.69) is 15.3 Å². The summed E-state index contributed by atoms with van der Waals surface area (Å²) in [6.45, 7) is -5.10. The van der Waals surface area contributed by atoms with Gasteiger partial charge in [-0.25, -0.2) is 0 Å². The van der Waals surface area contributed by atoms with Crippen LogP contribution in [-0.4, -0.2) is 29.9 Å². The van der Waals surface area contributed by atoms with E-state index in [4.69, 9.17) is 0 Å². The molecule has 3 rings (SSSR count). The predicted octanol–water partition coefficient (Wildman–Crippen LogP) is -0.285. The van der Waals surface area contributed by atoms with E-state index in [1.54, 1.807) is 18.2 Å². The zero-order chi connectivity index (χ0) is 17.3. The third-order valence-electron chi connectivity index (χ3n) is 3.67. The molecule has 0 bridgehead atoms. The van der Waals surface area contributed by atoms with Crippen molar-refractivity contribution in [2.24, 2.45) is 0 Å². The van der Waals surface area contributed by atoms with Crippen molar-refractivity contribution in [1.29, 1.82) is 0 Å². The van der Waals surface area contributed by atoms with Gasteiger partial charge >= 0.3 is 58.4 Å². The standard InChI is InChI=1S/C16H12BF3N3O.K/c1-21-16(24)14-6-5-11(8-22-14)15-7-10-3-2-4-13(17(18,19)20)12(10)9-23-15;/h2-9H,1H3,(H,21,24);/q-1;+1. The predicted molar refractivity (Wildman–Crippen MR) is 87.1 cm³/mol. The van der Waals surface area contributed by atoms with Crippen LogP contribution in [0.25, 0.3) is 22.0 Å².